The summed E-state index contributed by atoms with van der Waals surface area (Å²) in [4.78, 5) is 0. The molecule has 0 amide bonds. The van der Waals surface area contributed by atoms with E-state index in [0.717, 1.165) is 5.56 Å². The van der Waals surface area contributed by atoms with Crippen LogP contribution in [0.15, 0.2) is 18.2 Å². The average Bonchev–Trinajstić information content (AvgIpc) is 2.60. The lowest BCUT2D eigenvalue weighted by atomic mass is 10.1. The second-order valence-corrected chi connectivity index (χ2v) is 4.69. The van der Waals surface area contributed by atoms with Gasteiger partial charge >= 0.3 is 0 Å². The molecule has 1 nitrogen and oxygen atoms in total. The molecule has 4 heteroatoms. The van der Waals surface area contributed by atoms with Crippen molar-refractivity contribution in [1.82, 2.24) is 0 Å². The fourth-order valence-corrected chi connectivity index (χ4v) is 2.12. The van der Waals surface area contributed by atoms with Gasteiger partial charge in [0.25, 0.3) is 0 Å². The van der Waals surface area contributed by atoms with Crippen LogP contribution in [0.3, 0.4) is 0 Å². The van der Waals surface area contributed by atoms with E-state index in [0.29, 0.717) is 12.2 Å². The van der Waals surface area contributed by atoms with Crippen molar-refractivity contribution in [3.63, 3.8) is 0 Å². The molecular weight excluding hydrogens is 229 g/mol. The van der Waals surface area contributed by atoms with Gasteiger partial charge in [0.1, 0.15) is 11.6 Å². The topological polar surface area (TPSA) is 9.23 Å². The Morgan fingerprint density at radius 1 is 1.41 bits per heavy atom. The van der Waals surface area contributed by atoms with Gasteiger partial charge in [0.2, 0.25) is 5.92 Å². The first-order valence-corrected chi connectivity index (χ1v) is 5.73. The van der Waals surface area contributed by atoms with Crippen LogP contribution < -0.4 is 4.74 Å². The van der Waals surface area contributed by atoms with Crippen molar-refractivity contribution in [2.75, 3.05) is 6.61 Å². The maximum absolute atomic E-state index is 13.0. The summed E-state index contributed by atoms with van der Waals surface area (Å²) >= 11 is 0. The van der Waals surface area contributed by atoms with Crippen molar-refractivity contribution in [2.24, 2.45) is 5.92 Å². The second-order valence-electron chi connectivity index (χ2n) is 4.69. The Morgan fingerprint density at radius 2 is 2.18 bits per heavy atom. The summed E-state index contributed by atoms with van der Waals surface area (Å²) in [6, 6.07) is 4.27. The fraction of sp³-hybridized carbons (Fsp3) is 0.538. The number of alkyl halides is 2. The van der Waals surface area contributed by atoms with Crippen molar-refractivity contribution in [3.8, 4) is 5.75 Å². The SMILES string of the molecule is Cc1ccc(F)cc1OCC1CCC(F)(F)C1. The van der Waals surface area contributed by atoms with Gasteiger partial charge in [0.05, 0.1) is 6.61 Å². The van der Waals surface area contributed by atoms with Crippen LogP contribution in [-0.2, 0) is 0 Å². The molecule has 2 rings (SSSR count). The monoisotopic (exact) mass is 244 g/mol. The molecule has 94 valence electrons. The van der Waals surface area contributed by atoms with Gasteiger partial charge in [-0.25, -0.2) is 13.2 Å². The number of aryl methyl sites for hydroxylation is 1. The van der Waals surface area contributed by atoms with Crippen LogP contribution in [0.1, 0.15) is 24.8 Å². The van der Waals surface area contributed by atoms with E-state index >= 15 is 0 Å². The summed E-state index contributed by atoms with van der Waals surface area (Å²) in [5.41, 5.74) is 0.816. The highest BCUT2D eigenvalue weighted by molar-refractivity contribution is 5.32. The molecule has 1 saturated carbocycles. The summed E-state index contributed by atoms with van der Waals surface area (Å²) < 4.78 is 44.3. The summed E-state index contributed by atoms with van der Waals surface area (Å²) in [6.07, 6.45) is 0.284. The van der Waals surface area contributed by atoms with E-state index in [4.69, 9.17) is 4.74 Å². The number of ether oxygens (including phenoxy) is 1. The number of rotatable bonds is 3. The minimum absolute atomic E-state index is 0.0663. The lowest BCUT2D eigenvalue weighted by Crippen LogP contribution is -2.14. The zero-order valence-electron chi connectivity index (χ0n) is 9.68. The molecular formula is C13H15F3O. The highest BCUT2D eigenvalue weighted by Crippen LogP contribution is 2.39. The first-order valence-electron chi connectivity index (χ1n) is 5.73. The quantitative estimate of drug-likeness (QED) is 0.782. The highest BCUT2D eigenvalue weighted by Gasteiger charge is 2.39. The summed E-state index contributed by atoms with van der Waals surface area (Å²) in [6.45, 7) is 2.04. The molecule has 17 heavy (non-hydrogen) atoms. The summed E-state index contributed by atoms with van der Waals surface area (Å²) in [5.74, 6) is -2.61. The third-order valence-corrected chi connectivity index (χ3v) is 3.13. The first kappa shape index (κ1) is 12.3. The van der Waals surface area contributed by atoms with Crippen LogP contribution in [0, 0.1) is 18.7 Å². The third kappa shape index (κ3) is 3.14. The predicted octanol–water partition coefficient (Wildman–Crippen LogP) is 3.95. The van der Waals surface area contributed by atoms with Gasteiger partial charge in [-0.2, -0.15) is 0 Å². The van der Waals surface area contributed by atoms with Crippen LogP contribution in [-0.4, -0.2) is 12.5 Å². The number of benzene rings is 1. The van der Waals surface area contributed by atoms with Gasteiger partial charge in [-0.05, 0) is 30.9 Å². The number of hydrogen-bond donors (Lipinski definition) is 0. The van der Waals surface area contributed by atoms with Crippen LogP contribution in [0.2, 0.25) is 0 Å². The molecule has 1 atom stereocenters. The predicted molar refractivity (Wildman–Crippen MR) is 58.9 cm³/mol. The molecule has 0 aliphatic heterocycles. The van der Waals surface area contributed by atoms with Gasteiger partial charge < -0.3 is 4.74 Å². The lowest BCUT2D eigenvalue weighted by Gasteiger charge is -2.13. The van der Waals surface area contributed by atoms with E-state index in [9.17, 15) is 13.2 Å². The molecule has 0 heterocycles. The number of hydrogen-bond acceptors (Lipinski definition) is 1. The zero-order valence-corrected chi connectivity index (χ0v) is 9.68. The van der Waals surface area contributed by atoms with Gasteiger partial charge in [-0.1, -0.05) is 6.07 Å². The van der Waals surface area contributed by atoms with Crippen molar-refractivity contribution < 1.29 is 17.9 Å². The molecule has 0 N–H and O–H groups in total. The molecule has 1 aliphatic carbocycles. The first-order chi connectivity index (χ1) is 7.96. The molecule has 1 aromatic rings. The maximum atomic E-state index is 13.0. The molecule has 0 spiro atoms. The van der Waals surface area contributed by atoms with E-state index < -0.39 is 5.92 Å². The minimum Gasteiger partial charge on any atom is -0.493 e. The smallest absolute Gasteiger partial charge is 0.248 e. The molecule has 1 aromatic carbocycles. The molecule has 1 unspecified atom stereocenters. The Balaban J connectivity index is 1.92. The Kier molecular flexibility index (Phi) is 3.31. The van der Waals surface area contributed by atoms with Crippen molar-refractivity contribution in [2.45, 2.75) is 32.1 Å². The lowest BCUT2D eigenvalue weighted by molar-refractivity contribution is 0.00290. The van der Waals surface area contributed by atoms with E-state index in [1.165, 1.54) is 12.1 Å². The second kappa shape index (κ2) is 4.59. The van der Waals surface area contributed by atoms with Crippen LogP contribution >= 0.6 is 0 Å². The number of halogens is 3. The molecule has 0 saturated heterocycles. The Labute approximate surface area is 98.6 Å². The maximum Gasteiger partial charge on any atom is 0.248 e. The van der Waals surface area contributed by atoms with Crippen molar-refractivity contribution in [1.29, 1.82) is 0 Å². The largest absolute Gasteiger partial charge is 0.493 e. The summed E-state index contributed by atoms with van der Waals surface area (Å²) in [5, 5.41) is 0. The standard InChI is InChI=1S/C13H15F3O/c1-9-2-3-11(14)6-12(9)17-8-10-4-5-13(15,16)7-10/h2-3,6,10H,4-5,7-8H2,1H3. The van der Waals surface area contributed by atoms with Crippen LogP contribution in [0.4, 0.5) is 13.2 Å². The molecule has 0 bridgehead atoms. The molecule has 1 aliphatic rings. The Hall–Kier alpha value is -1.19. The molecule has 0 radical (unpaired) electrons. The normalized spacial score (nSPS) is 22.7. The van der Waals surface area contributed by atoms with Crippen molar-refractivity contribution in [3.05, 3.63) is 29.6 Å². The van der Waals surface area contributed by atoms with E-state index in [1.807, 2.05) is 0 Å². The van der Waals surface area contributed by atoms with Crippen LogP contribution in [0.5, 0.6) is 5.75 Å². The van der Waals surface area contributed by atoms with Gasteiger partial charge in [-0.15, -0.1) is 0 Å². The average molecular weight is 244 g/mol. The molecule has 1 fully saturated rings. The Bertz CT molecular complexity index is 404. The van der Waals surface area contributed by atoms with Gasteiger partial charge in [0, 0.05) is 18.9 Å². The highest BCUT2D eigenvalue weighted by atomic mass is 19.3. The minimum atomic E-state index is -2.55. The van der Waals surface area contributed by atoms with Gasteiger partial charge in [-0.3, -0.25) is 0 Å². The molecule has 0 aromatic heterocycles. The van der Waals surface area contributed by atoms with E-state index in [2.05, 4.69) is 0 Å². The summed E-state index contributed by atoms with van der Waals surface area (Å²) in [7, 11) is 0. The van der Waals surface area contributed by atoms with E-state index in [1.54, 1.807) is 13.0 Å². The zero-order chi connectivity index (χ0) is 12.5. The van der Waals surface area contributed by atoms with Crippen molar-refractivity contribution >= 4 is 0 Å². The Morgan fingerprint density at radius 3 is 2.82 bits per heavy atom. The van der Waals surface area contributed by atoms with E-state index in [-0.39, 0.29) is 31.2 Å². The van der Waals surface area contributed by atoms with Gasteiger partial charge in [0.15, 0.2) is 0 Å². The fourth-order valence-electron chi connectivity index (χ4n) is 2.12. The third-order valence-electron chi connectivity index (χ3n) is 3.13. The van der Waals surface area contributed by atoms with Crippen LogP contribution in [0.25, 0.3) is 0 Å².